The van der Waals surface area contributed by atoms with Crippen molar-refractivity contribution in [3.05, 3.63) is 24.0 Å². The summed E-state index contributed by atoms with van der Waals surface area (Å²) in [5.74, 6) is 0. The van der Waals surface area contributed by atoms with Crippen molar-refractivity contribution in [1.82, 2.24) is 9.29 Å². The zero-order chi connectivity index (χ0) is 18.1. The maximum absolute atomic E-state index is 12.8. The lowest BCUT2D eigenvalue weighted by atomic mass is 9.81. The second kappa shape index (κ2) is 6.82. The fourth-order valence-corrected chi connectivity index (χ4v) is 4.60. The molecule has 0 aliphatic carbocycles. The monoisotopic (exact) mass is 380 g/mol. The average Bonchev–Trinajstić information content (AvgIpc) is 2.78. The minimum atomic E-state index is -4.61. The first-order valence-corrected chi connectivity index (χ1v) is 9.36. The lowest BCUT2D eigenvalue weighted by molar-refractivity contribution is -0.141. The van der Waals surface area contributed by atoms with Gasteiger partial charge in [-0.05, 0) is 25.0 Å². The van der Waals surface area contributed by atoms with E-state index in [0.29, 0.717) is 38.7 Å². The van der Waals surface area contributed by atoms with E-state index >= 15 is 0 Å². The smallest absolute Gasteiger partial charge is 0.381 e. The molecule has 0 aromatic carbocycles. The predicted molar refractivity (Wildman–Crippen MR) is 81.3 cm³/mol. The van der Waals surface area contributed by atoms with E-state index in [2.05, 4.69) is 4.98 Å². The van der Waals surface area contributed by atoms with Crippen LogP contribution in [0.3, 0.4) is 0 Å². The number of hydrogen-bond donors (Lipinski definition) is 0. The van der Waals surface area contributed by atoms with Gasteiger partial charge in [0, 0.05) is 37.9 Å². The summed E-state index contributed by atoms with van der Waals surface area (Å²) in [6.45, 7) is 2.20. The normalized spacial score (nSPS) is 22.7. The van der Waals surface area contributed by atoms with Crippen molar-refractivity contribution >= 4 is 10.0 Å². The SMILES string of the molecule is O=S(=O)(c1ccc(C(F)(F)F)nc1)N1CCOCC2(CCOCC2)C1. The Hall–Kier alpha value is -1.23. The highest BCUT2D eigenvalue weighted by molar-refractivity contribution is 7.89. The molecule has 2 fully saturated rings. The molecule has 1 aromatic heterocycles. The zero-order valence-electron chi connectivity index (χ0n) is 13.5. The molecule has 10 heteroatoms. The van der Waals surface area contributed by atoms with Crippen LogP contribution in [0.5, 0.6) is 0 Å². The molecule has 140 valence electrons. The van der Waals surface area contributed by atoms with Crippen molar-refractivity contribution in [1.29, 1.82) is 0 Å². The van der Waals surface area contributed by atoms with Crippen LogP contribution in [0.1, 0.15) is 18.5 Å². The number of halogens is 3. The van der Waals surface area contributed by atoms with E-state index in [1.165, 1.54) is 4.31 Å². The van der Waals surface area contributed by atoms with Crippen LogP contribution in [0.2, 0.25) is 0 Å². The molecule has 1 spiro atoms. The third-order valence-electron chi connectivity index (χ3n) is 4.62. The summed E-state index contributed by atoms with van der Waals surface area (Å²) >= 11 is 0. The molecule has 2 aliphatic heterocycles. The fraction of sp³-hybridized carbons (Fsp3) is 0.667. The van der Waals surface area contributed by atoms with Gasteiger partial charge in [0.2, 0.25) is 10.0 Å². The van der Waals surface area contributed by atoms with Gasteiger partial charge >= 0.3 is 6.18 Å². The summed E-state index contributed by atoms with van der Waals surface area (Å²) in [5, 5.41) is 0. The first-order chi connectivity index (χ1) is 11.7. The first kappa shape index (κ1) is 18.6. The van der Waals surface area contributed by atoms with Gasteiger partial charge < -0.3 is 9.47 Å². The first-order valence-electron chi connectivity index (χ1n) is 7.92. The molecule has 2 aliphatic rings. The Bertz CT molecular complexity index is 700. The minimum Gasteiger partial charge on any atom is -0.381 e. The van der Waals surface area contributed by atoms with Crippen molar-refractivity contribution in [2.45, 2.75) is 23.9 Å². The van der Waals surface area contributed by atoms with Crippen molar-refractivity contribution < 1.29 is 31.1 Å². The summed E-state index contributed by atoms with van der Waals surface area (Å²) in [6.07, 6.45) is -2.47. The summed E-state index contributed by atoms with van der Waals surface area (Å²) < 4.78 is 75.7. The number of nitrogens with zero attached hydrogens (tertiary/aromatic N) is 2. The maximum Gasteiger partial charge on any atom is 0.433 e. The summed E-state index contributed by atoms with van der Waals surface area (Å²) in [4.78, 5) is 3.01. The lowest BCUT2D eigenvalue weighted by Gasteiger charge is -2.37. The van der Waals surface area contributed by atoms with E-state index in [0.717, 1.165) is 12.3 Å². The number of hydrogen-bond acceptors (Lipinski definition) is 5. The molecule has 1 aromatic rings. The summed E-state index contributed by atoms with van der Waals surface area (Å²) in [6, 6.07) is 1.64. The molecule has 6 nitrogen and oxygen atoms in total. The highest BCUT2D eigenvalue weighted by Crippen LogP contribution is 2.35. The van der Waals surface area contributed by atoms with E-state index in [-0.39, 0.29) is 30.0 Å². The lowest BCUT2D eigenvalue weighted by Crippen LogP contribution is -2.44. The number of alkyl halides is 3. The van der Waals surface area contributed by atoms with Crippen molar-refractivity contribution in [2.75, 3.05) is 39.5 Å². The highest BCUT2D eigenvalue weighted by Gasteiger charge is 2.41. The number of rotatable bonds is 2. The van der Waals surface area contributed by atoms with Gasteiger partial charge in [-0.15, -0.1) is 0 Å². The Morgan fingerprint density at radius 1 is 1.12 bits per heavy atom. The molecule has 0 bridgehead atoms. The van der Waals surface area contributed by atoms with Gasteiger partial charge in [-0.25, -0.2) is 8.42 Å². The second-order valence-electron chi connectivity index (χ2n) is 6.38. The van der Waals surface area contributed by atoms with E-state index in [1.54, 1.807) is 0 Å². The van der Waals surface area contributed by atoms with Crippen molar-refractivity contribution in [3.63, 3.8) is 0 Å². The molecule has 3 rings (SSSR count). The fourth-order valence-electron chi connectivity index (χ4n) is 3.12. The Morgan fingerprint density at radius 3 is 2.44 bits per heavy atom. The molecule has 0 radical (unpaired) electrons. The van der Waals surface area contributed by atoms with Gasteiger partial charge in [-0.1, -0.05) is 0 Å². The number of ether oxygens (including phenoxy) is 2. The van der Waals surface area contributed by atoms with Crippen LogP contribution in [-0.4, -0.2) is 57.2 Å². The van der Waals surface area contributed by atoms with E-state index in [9.17, 15) is 21.6 Å². The van der Waals surface area contributed by atoms with Gasteiger partial charge in [0.15, 0.2) is 0 Å². The van der Waals surface area contributed by atoms with Crippen LogP contribution < -0.4 is 0 Å². The third-order valence-corrected chi connectivity index (χ3v) is 6.45. The van der Waals surface area contributed by atoms with Gasteiger partial charge in [0.1, 0.15) is 10.6 Å². The van der Waals surface area contributed by atoms with Crippen LogP contribution in [0.4, 0.5) is 13.2 Å². The molecular weight excluding hydrogens is 361 g/mol. The van der Waals surface area contributed by atoms with Gasteiger partial charge in [0.25, 0.3) is 0 Å². The average molecular weight is 380 g/mol. The van der Waals surface area contributed by atoms with E-state index in [4.69, 9.17) is 9.47 Å². The van der Waals surface area contributed by atoms with Crippen LogP contribution >= 0.6 is 0 Å². The zero-order valence-corrected chi connectivity index (χ0v) is 14.3. The quantitative estimate of drug-likeness (QED) is 0.784. The number of pyridine rings is 1. The maximum atomic E-state index is 12.8. The molecule has 0 N–H and O–H groups in total. The largest absolute Gasteiger partial charge is 0.433 e. The number of sulfonamides is 1. The standard InChI is InChI=1S/C15H19F3N2O4S/c16-15(17,18)13-2-1-12(9-19-13)25(21,22)20-5-8-24-11-14(10-20)3-6-23-7-4-14/h1-2,9H,3-8,10-11H2. The van der Waals surface area contributed by atoms with Crippen molar-refractivity contribution in [2.24, 2.45) is 5.41 Å². The van der Waals surface area contributed by atoms with Crippen LogP contribution in [0.25, 0.3) is 0 Å². The molecule has 3 heterocycles. The highest BCUT2D eigenvalue weighted by atomic mass is 32.2. The topological polar surface area (TPSA) is 68.7 Å². The van der Waals surface area contributed by atoms with Crippen LogP contribution in [-0.2, 0) is 25.7 Å². The molecule has 0 saturated carbocycles. The summed E-state index contributed by atoms with van der Waals surface area (Å²) in [5.41, 5.74) is -1.44. The van der Waals surface area contributed by atoms with Gasteiger partial charge in [-0.3, -0.25) is 4.98 Å². The van der Waals surface area contributed by atoms with E-state index < -0.39 is 21.9 Å². The molecule has 0 atom stereocenters. The second-order valence-corrected chi connectivity index (χ2v) is 8.32. The Kier molecular flexibility index (Phi) is 5.06. The third kappa shape index (κ3) is 3.97. The Labute approximate surface area is 144 Å². The Morgan fingerprint density at radius 2 is 1.84 bits per heavy atom. The van der Waals surface area contributed by atoms with Crippen LogP contribution in [0, 0.1) is 5.41 Å². The predicted octanol–water partition coefficient (Wildman–Crippen LogP) is 1.92. The van der Waals surface area contributed by atoms with E-state index in [1.807, 2.05) is 0 Å². The van der Waals surface area contributed by atoms with Gasteiger partial charge in [-0.2, -0.15) is 17.5 Å². The minimum absolute atomic E-state index is 0.159. The molecule has 25 heavy (non-hydrogen) atoms. The van der Waals surface area contributed by atoms with Crippen molar-refractivity contribution in [3.8, 4) is 0 Å². The van der Waals surface area contributed by atoms with Gasteiger partial charge in [0.05, 0.1) is 13.2 Å². The summed E-state index contributed by atoms with van der Waals surface area (Å²) in [7, 11) is -3.94. The molecular formula is C15H19F3N2O4S. The Balaban J connectivity index is 1.85. The van der Waals surface area contributed by atoms with Crippen LogP contribution in [0.15, 0.2) is 23.2 Å². The number of aromatic nitrogens is 1. The molecule has 0 unspecified atom stereocenters. The molecule has 2 saturated heterocycles. The molecule has 0 amide bonds.